The van der Waals surface area contributed by atoms with Crippen LogP contribution in [0.4, 0.5) is 0 Å². The molecule has 0 aliphatic heterocycles. The summed E-state index contributed by atoms with van der Waals surface area (Å²) in [6.45, 7) is 0. The van der Waals surface area contributed by atoms with E-state index in [0.717, 1.165) is 59.4 Å². The van der Waals surface area contributed by atoms with Gasteiger partial charge in [0, 0.05) is 16.3 Å². The summed E-state index contributed by atoms with van der Waals surface area (Å²) in [7, 11) is -3.20. The van der Waals surface area contributed by atoms with Crippen LogP contribution in [0.3, 0.4) is 0 Å². The third kappa shape index (κ3) is 4.64. The molecule has 4 nitrogen and oxygen atoms in total. The van der Waals surface area contributed by atoms with Gasteiger partial charge in [0.05, 0.1) is 45.5 Å². The second-order valence-electron chi connectivity index (χ2n) is 12.2. The van der Waals surface area contributed by atoms with Gasteiger partial charge >= 0.3 is 0 Å². The fraction of sp³-hybridized carbons (Fsp3) is 0. The highest BCUT2D eigenvalue weighted by molar-refractivity contribution is 7.20. The van der Waals surface area contributed by atoms with Crippen LogP contribution < -0.4 is 20.7 Å². The lowest BCUT2D eigenvalue weighted by Gasteiger charge is -2.37. The smallest absolute Gasteiger partial charge is 0.181 e. The number of hydrogen-bond donors (Lipinski definition) is 0. The molecule has 0 saturated heterocycles. The van der Waals surface area contributed by atoms with Crippen molar-refractivity contribution in [2.45, 2.75) is 0 Å². The topological polar surface area (TPSA) is 76.3 Å². The molecule has 0 fully saturated rings. The summed E-state index contributed by atoms with van der Waals surface area (Å²) >= 11 is 0. The summed E-state index contributed by atoms with van der Waals surface area (Å²) in [5.41, 5.74) is 5.99. The van der Waals surface area contributed by atoms with Crippen molar-refractivity contribution in [1.82, 2.24) is 4.57 Å². The van der Waals surface area contributed by atoms with Crippen LogP contribution in [0.1, 0.15) is 16.7 Å². The molecule has 0 aliphatic carbocycles. The molecule has 0 bridgehead atoms. The predicted molar refractivity (Wildman–Crippen MR) is 204 cm³/mol. The van der Waals surface area contributed by atoms with E-state index in [-0.39, 0.29) is 0 Å². The lowest BCUT2D eigenvalue weighted by molar-refractivity contribution is 1.17. The van der Waals surface area contributed by atoms with Gasteiger partial charge in [-0.3, -0.25) is 0 Å². The first-order valence-corrected chi connectivity index (χ1v) is 18.4. The molecule has 0 amide bonds. The van der Waals surface area contributed by atoms with Crippen molar-refractivity contribution in [3.63, 3.8) is 0 Å². The summed E-state index contributed by atoms with van der Waals surface area (Å²) in [6.07, 6.45) is 0. The Labute approximate surface area is 291 Å². The molecular formula is C45H28N4Si. The van der Waals surface area contributed by atoms with Crippen LogP contribution in [-0.2, 0) is 0 Å². The van der Waals surface area contributed by atoms with Crippen LogP contribution >= 0.6 is 0 Å². The lowest BCUT2D eigenvalue weighted by Crippen LogP contribution is -2.75. The van der Waals surface area contributed by atoms with Crippen molar-refractivity contribution in [2.24, 2.45) is 0 Å². The standard InChI is InChI=1S/C45H28N4Si/c46-29-32-26-27-43-41(28-32)38-22-10-11-25-42(38)49(43)44-33(30-47)14-12-23-39(44)40-24-13-15-34(31-48)45(40)50(35-16-4-1-5-17-35,36-18-6-2-7-19-36)37-20-8-3-9-21-37/h1-28H. The molecule has 8 rings (SSSR count). The largest absolute Gasteiger partial charge is 0.307 e. The zero-order chi connectivity index (χ0) is 34.1. The molecule has 0 unspecified atom stereocenters. The monoisotopic (exact) mass is 652 g/mol. The molecule has 0 spiro atoms. The lowest BCUT2D eigenvalue weighted by atomic mass is 9.98. The van der Waals surface area contributed by atoms with E-state index in [1.54, 1.807) is 0 Å². The molecule has 5 heteroatoms. The molecule has 0 saturated carbocycles. The van der Waals surface area contributed by atoms with Gasteiger partial charge in [-0.25, -0.2) is 0 Å². The van der Waals surface area contributed by atoms with Crippen molar-refractivity contribution in [1.29, 1.82) is 15.8 Å². The molecule has 0 radical (unpaired) electrons. The Bertz CT molecular complexity index is 2580. The normalized spacial score (nSPS) is 11.1. The first-order valence-electron chi connectivity index (χ1n) is 16.4. The van der Waals surface area contributed by atoms with E-state index >= 15 is 0 Å². The first-order chi connectivity index (χ1) is 24.7. The first kappa shape index (κ1) is 30.4. The number of hydrogen-bond acceptors (Lipinski definition) is 3. The van der Waals surface area contributed by atoms with Crippen molar-refractivity contribution >= 4 is 50.6 Å². The van der Waals surface area contributed by atoms with E-state index in [4.69, 9.17) is 0 Å². The minimum Gasteiger partial charge on any atom is -0.307 e. The van der Waals surface area contributed by atoms with E-state index < -0.39 is 8.07 Å². The highest BCUT2D eigenvalue weighted by atomic mass is 28.3. The zero-order valence-electron chi connectivity index (χ0n) is 27.0. The fourth-order valence-corrected chi connectivity index (χ4v) is 12.8. The van der Waals surface area contributed by atoms with E-state index in [9.17, 15) is 15.8 Å². The van der Waals surface area contributed by atoms with Crippen LogP contribution in [0.2, 0.25) is 0 Å². The number of rotatable bonds is 6. The molecular weight excluding hydrogens is 625 g/mol. The minimum absolute atomic E-state index is 0.509. The van der Waals surface area contributed by atoms with Gasteiger partial charge in [0.1, 0.15) is 6.07 Å². The third-order valence-electron chi connectivity index (χ3n) is 9.65. The van der Waals surface area contributed by atoms with Gasteiger partial charge < -0.3 is 4.57 Å². The average Bonchev–Trinajstić information content (AvgIpc) is 3.52. The van der Waals surface area contributed by atoms with Gasteiger partial charge in [-0.15, -0.1) is 0 Å². The van der Waals surface area contributed by atoms with Crippen LogP contribution in [0.15, 0.2) is 170 Å². The Balaban J connectivity index is 1.57. The van der Waals surface area contributed by atoms with Crippen LogP contribution in [0.25, 0.3) is 38.6 Å². The highest BCUT2D eigenvalue weighted by Crippen LogP contribution is 2.38. The number of nitrogens with zero attached hydrogens (tertiary/aromatic N) is 4. The zero-order valence-corrected chi connectivity index (χ0v) is 28.0. The Morgan fingerprint density at radius 2 is 0.940 bits per heavy atom. The quantitative estimate of drug-likeness (QED) is 0.138. The van der Waals surface area contributed by atoms with Gasteiger partial charge in [-0.2, -0.15) is 15.8 Å². The number of benzene rings is 7. The number of nitriles is 3. The molecule has 1 heterocycles. The maximum absolute atomic E-state index is 11.0. The number of fused-ring (bicyclic) bond motifs is 3. The van der Waals surface area contributed by atoms with Crippen LogP contribution in [0, 0.1) is 34.0 Å². The SMILES string of the molecule is N#Cc1ccc2c(c1)c1ccccc1n2-c1c(C#N)cccc1-c1cccc(C#N)c1[Si](c1ccccc1)(c1ccccc1)c1ccccc1. The number of aromatic nitrogens is 1. The molecule has 50 heavy (non-hydrogen) atoms. The fourth-order valence-electron chi connectivity index (χ4n) is 7.65. The van der Waals surface area contributed by atoms with Crippen molar-refractivity contribution in [2.75, 3.05) is 0 Å². The molecule has 7 aromatic carbocycles. The van der Waals surface area contributed by atoms with Gasteiger partial charge in [0.2, 0.25) is 0 Å². The Morgan fingerprint density at radius 1 is 0.420 bits per heavy atom. The summed E-state index contributed by atoms with van der Waals surface area (Å²) < 4.78 is 2.15. The van der Waals surface area contributed by atoms with E-state index in [1.165, 1.54) is 0 Å². The number of para-hydroxylation sites is 2. The highest BCUT2D eigenvalue weighted by Gasteiger charge is 2.45. The Hall–Kier alpha value is -6.97. The van der Waals surface area contributed by atoms with Gasteiger partial charge in [-0.05, 0) is 62.7 Å². The summed E-state index contributed by atoms with van der Waals surface area (Å²) in [4.78, 5) is 0. The summed E-state index contributed by atoms with van der Waals surface area (Å²) in [6, 6.07) is 64.8. The van der Waals surface area contributed by atoms with Crippen molar-refractivity contribution in [3.8, 4) is 35.0 Å². The molecule has 0 atom stereocenters. The van der Waals surface area contributed by atoms with Crippen molar-refractivity contribution < 1.29 is 0 Å². The maximum Gasteiger partial charge on any atom is 0.181 e. The molecule has 1 aromatic heterocycles. The molecule has 0 aliphatic rings. The van der Waals surface area contributed by atoms with Crippen LogP contribution in [-0.4, -0.2) is 12.6 Å². The molecule has 0 N–H and O–H groups in total. The second kappa shape index (κ2) is 12.6. The Kier molecular flexibility index (Phi) is 7.63. The summed E-state index contributed by atoms with van der Waals surface area (Å²) in [5.74, 6) is 0. The molecule has 8 aromatic rings. The van der Waals surface area contributed by atoms with Gasteiger partial charge in [-0.1, -0.05) is 133 Å². The average molecular weight is 653 g/mol. The minimum atomic E-state index is -3.20. The Morgan fingerprint density at radius 3 is 1.52 bits per heavy atom. The van der Waals surface area contributed by atoms with Gasteiger partial charge in [0.25, 0.3) is 0 Å². The van der Waals surface area contributed by atoms with E-state index in [2.05, 4.69) is 120 Å². The third-order valence-corrected chi connectivity index (χ3v) is 14.5. The predicted octanol–water partition coefficient (Wildman–Crippen LogP) is 7.44. The van der Waals surface area contributed by atoms with Gasteiger partial charge in [0.15, 0.2) is 8.07 Å². The summed E-state index contributed by atoms with van der Waals surface area (Å²) in [5, 5.41) is 37.8. The maximum atomic E-state index is 11.0. The van der Waals surface area contributed by atoms with E-state index in [0.29, 0.717) is 16.7 Å². The second-order valence-corrected chi connectivity index (χ2v) is 15.9. The van der Waals surface area contributed by atoms with Crippen molar-refractivity contribution in [3.05, 3.63) is 187 Å². The molecule has 232 valence electrons. The van der Waals surface area contributed by atoms with Crippen LogP contribution in [0.5, 0.6) is 0 Å². The van der Waals surface area contributed by atoms with E-state index in [1.807, 2.05) is 72.8 Å².